The molecule has 0 aliphatic carbocycles. The van der Waals surface area contributed by atoms with Gasteiger partial charge in [-0.1, -0.05) is 13.8 Å². The van der Waals surface area contributed by atoms with Gasteiger partial charge in [-0.2, -0.15) is 0 Å². The van der Waals surface area contributed by atoms with Gasteiger partial charge in [0.25, 0.3) is 0 Å². The minimum Gasteiger partial charge on any atom is -0.329 e. The van der Waals surface area contributed by atoms with Gasteiger partial charge in [0.05, 0.1) is 11.1 Å². The highest BCUT2D eigenvalue weighted by Crippen LogP contribution is 2.27. The lowest BCUT2D eigenvalue weighted by Gasteiger charge is -2.28. The Hall–Kier alpha value is -1.20. The molecule has 0 saturated carbocycles. The van der Waals surface area contributed by atoms with Crippen molar-refractivity contribution in [3.8, 4) is 0 Å². The molecule has 0 heterocycles. The molecule has 0 unspecified atom stereocenters. The summed E-state index contributed by atoms with van der Waals surface area (Å²) >= 11 is 0. The number of halogens is 3. The molecular formula is C13H19ClF2N2O. The van der Waals surface area contributed by atoms with Crippen LogP contribution in [-0.2, 0) is 4.79 Å². The number of nitrogens with one attached hydrogen (secondary N) is 1. The van der Waals surface area contributed by atoms with Crippen molar-refractivity contribution < 1.29 is 13.6 Å². The standard InChI is InChI=1S/C13H18F2N2O.ClH/c1-3-13(4-2,8-16)12(18)17-11-6-5-9(14)7-10(11)15;/h5-7H,3-4,8,16H2,1-2H3,(H,17,18);1H. The predicted molar refractivity (Wildman–Crippen MR) is 74.3 cm³/mol. The average Bonchev–Trinajstić information content (AvgIpc) is 2.36. The maximum Gasteiger partial charge on any atom is 0.231 e. The molecule has 0 atom stereocenters. The summed E-state index contributed by atoms with van der Waals surface area (Å²) in [6.07, 6.45) is 1.13. The molecule has 1 aromatic carbocycles. The molecule has 0 aromatic heterocycles. The third-order valence-electron chi connectivity index (χ3n) is 3.41. The van der Waals surface area contributed by atoms with Crippen molar-refractivity contribution in [3.05, 3.63) is 29.8 Å². The van der Waals surface area contributed by atoms with E-state index in [9.17, 15) is 13.6 Å². The lowest BCUT2D eigenvalue weighted by molar-refractivity contribution is -0.125. The van der Waals surface area contributed by atoms with Crippen LogP contribution in [0.3, 0.4) is 0 Å². The van der Waals surface area contributed by atoms with E-state index in [0.717, 1.165) is 12.1 Å². The van der Waals surface area contributed by atoms with Gasteiger partial charge in [-0.25, -0.2) is 8.78 Å². The van der Waals surface area contributed by atoms with Crippen LogP contribution in [0.1, 0.15) is 26.7 Å². The maximum absolute atomic E-state index is 13.4. The van der Waals surface area contributed by atoms with Crippen molar-refractivity contribution in [2.45, 2.75) is 26.7 Å². The second-order valence-electron chi connectivity index (χ2n) is 4.27. The molecule has 3 N–H and O–H groups in total. The SMILES string of the molecule is CCC(CC)(CN)C(=O)Nc1ccc(F)cc1F.Cl. The van der Waals surface area contributed by atoms with Gasteiger partial charge in [-0.05, 0) is 25.0 Å². The van der Waals surface area contributed by atoms with E-state index < -0.39 is 17.0 Å². The molecule has 0 saturated heterocycles. The minimum absolute atomic E-state index is 0. The molecule has 0 radical (unpaired) electrons. The Morgan fingerprint density at radius 1 is 1.32 bits per heavy atom. The van der Waals surface area contributed by atoms with Gasteiger partial charge in [-0.3, -0.25) is 4.79 Å². The van der Waals surface area contributed by atoms with Crippen molar-refractivity contribution >= 4 is 24.0 Å². The number of rotatable bonds is 5. The molecular weight excluding hydrogens is 274 g/mol. The summed E-state index contributed by atoms with van der Waals surface area (Å²) < 4.78 is 26.2. The van der Waals surface area contributed by atoms with Gasteiger partial charge in [0, 0.05) is 12.6 Å². The van der Waals surface area contributed by atoms with E-state index in [2.05, 4.69) is 5.32 Å². The quantitative estimate of drug-likeness (QED) is 0.876. The van der Waals surface area contributed by atoms with Gasteiger partial charge < -0.3 is 11.1 Å². The van der Waals surface area contributed by atoms with E-state index in [1.165, 1.54) is 6.07 Å². The highest BCUT2D eigenvalue weighted by molar-refractivity contribution is 5.95. The number of amides is 1. The smallest absolute Gasteiger partial charge is 0.231 e. The molecule has 0 aliphatic heterocycles. The van der Waals surface area contributed by atoms with Crippen molar-refractivity contribution in [1.29, 1.82) is 0 Å². The van der Waals surface area contributed by atoms with Crippen LogP contribution in [0.5, 0.6) is 0 Å². The average molecular weight is 293 g/mol. The van der Waals surface area contributed by atoms with Crippen LogP contribution in [0.4, 0.5) is 14.5 Å². The molecule has 0 aliphatic rings. The zero-order valence-corrected chi connectivity index (χ0v) is 11.8. The first-order valence-electron chi connectivity index (χ1n) is 5.95. The van der Waals surface area contributed by atoms with Crippen LogP contribution in [0, 0.1) is 17.0 Å². The summed E-state index contributed by atoms with van der Waals surface area (Å²) in [6.45, 7) is 3.91. The van der Waals surface area contributed by atoms with Crippen LogP contribution in [-0.4, -0.2) is 12.5 Å². The third-order valence-corrected chi connectivity index (χ3v) is 3.41. The lowest BCUT2D eigenvalue weighted by Crippen LogP contribution is -2.41. The fraction of sp³-hybridized carbons (Fsp3) is 0.462. The molecule has 19 heavy (non-hydrogen) atoms. The normalized spacial score (nSPS) is 10.8. The Bertz CT molecular complexity index is 428. The topological polar surface area (TPSA) is 55.1 Å². The fourth-order valence-electron chi connectivity index (χ4n) is 1.80. The third kappa shape index (κ3) is 3.88. The summed E-state index contributed by atoms with van der Waals surface area (Å²) in [6, 6.07) is 3.04. The van der Waals surface area contributed by atoms with Crippen LogP contribution in [0.2, 0.25) is 0 Å². The second-order valence-corrected chi connectivity index (χ2v) is 4.27. The summed E-state index contributed by atoms with van der Waals surface area (Å²) in [5.41, 5.74) is 4.90. The fourth-order valence-corrected chi connectivity index (χ4v) is 1.80. The highest BCUT2D eigenvalue weighted by Gasteiger charge is 2.33. The Morgan fingerprint density at radius 2 is 1.89 bits per heavy atom. The molecule has 1 rings (SSSR count). The van der Waals surface area contributed by atoms with E-state index in [1.54, 1.807) is 0 Å². The largest absolute Gasteiger partial charge is 0.329 e. The number of carbonyl (C=O) groups is 1. The number of benzene rings is 1. The minimum atomic E-state index is -0.790. The van der Waals surface area contributed by atoms with Gasteiger partial charge in [0.2, 0.25) is 5.91 Å². The van der Waals surface area contributed by atoms with Crippen molar-refractivity contribution in [2.24, 2.45) is 11.1 Å². The molecule has 6 heteroatoms. The van der Waals surface area contributed by atoms with Crippen LogP contribution in [0.15, 0.2) is 18.2 Å². The monoisotopic (exact) mass is 292 g/mol. The molecule has 3 nitrogen and oxygen atoms in total. The maximum atomic E-state index is 13.4. The number of hydrogen-bond donors (Lipinski definition) is 2. The zero-order chi connectivity index (χ0) is 13.8. The van der Waals surface area contributed by atoms with Crippen molar-refractivity contribution in [1.82, 2.24) is 0 Å². The van der Waals surface area contributed by atoms with Gasteiger partial charge in [0.1, 0.15) is 11.6 Å². The summed E-state index contributed by atoms with van der Waals surface area (Å²) in [5.74, 6) is -1.80. The Labute approximate surface area is 118 Å². The van der Waals surface area contributed by atoms with Gasteiger partial charge >= 0.3 is 0 Å². The predicted octanol–water partition coefficient (Wildman–Crippen LogP) is 3.09. The number of anilines is 1. The number of carbonyl (C=O) groups excluding carboxylic acids is 1. The second kappa shape index (κ2) is 7.40. The molecule has 1 amide bonds. The van der Waals surface area contributed by atoms with Gasteiger partial charge in [0.15, 0.2) is 0 Å². The summed E-state index contributed by atoms with van der Waals surface area (Å²) in [7, 11) is 0. The Kier molecular flexibility index (Phi) is 6.94. The Morgan fingerprint density at radius 3 is 2.32 bits per heavy atom. The lowest BCUT2D eigenvalue weighted by atomic mass is 9.81. The highest BCUT2D eigenvalue weighted by atomic mass is 35.5. The molecule has 0 spiro atoms. The van der Waals surface area contributed by atoms with E-state index in [-0.39, 0.29) is 30.5 Å². The molecule has 0 fully saturated rings. The first kappa shape index (κ1) is 17.8. The first-order chi connectivity index (χ1) is 8.49. The Balaban J connectivity index is 0.00000324. The zero-order valence-electron chi connectivity index (χ0n) is 11.0. The molecule has 1 aromatic rings. The van der Waals surface area contributed by atoms with E-state index in [0.29, 0.717) is 12.8 Å². The van der Waals surface area contributed by atoms with Crippen molar-refractivity contribution in [3.63, 3.8) is 0 Å². The number of nitrogens with two attached hydrogens (primary N) is 1. The summed E-state index contributed by atoms with van der Waals surface area (Å²) in [4.78, 5) is 12.1. The first-order valence-corrected chi connectivity index (χ1v) is 5.95. The van der Waals surface area contributed by atoms with E-state index >= 15 is 0 Å². The number of hydrogen-bond acceptors (Lipinski definition) is 2. The van der Waals surface area contributed by atoms with Crippen molar-refractivity contribution in [2.75, 3.05) is 11.9 Å². The summed E-state index contributed by atoms with van der Waals surface area (Å²) in [5, 5.41) is 2.47. The van der Waals surface area contributed by atoms with Crippen LogP contribution >= 0.6 is 12.4 Å². The van der Waals surface area contributed by atoms with Crippen LogP contribution < -0.4 is 11.1 Å². The molecule has 108 valence electrons. The molecule has 0 bridgehead atoms. The van der Waals surface area contributed by atoms with Crippen LogP contribution in [0.25, 0.3) is 0 Å². The van der Waals surface area contributed by atoms with E-state index in [4.69, 9.17) is 5.73 Å². The van der Waals surface area contributed by atoms with E-state index in [1.807, 2.05) is 13.8 Å². The van der Waals surface area contributed by atoms with Gasteiger partial charge in [-0.15, -0.1) is 12.4 Å².